The Hall–Kier alpha value is -1.64. The third kappa shape index (κ3) is 6.30. The summed E-state index contributed by atoms with van der Waals surface area (Å²) >= 11 is 5.12. The zero-order valence-electron chi connectivity index (χ0n) is 14.5. The fraction of sp³-hybridized carbons (Fsp3) is 0.688. The fourth-order valence-electron chi connectivity index (χ4n) is 2.54. The van der Waals surface area contributed by atoms with Gasteiger partial charge >= 0.3 is 6.18 Å². The standard InChI is InChI=1S/C16H24F3N5S/c1-11(2)10-20-15(25)23-14-21-12(16(17,18)19)9-13(22-14)24-7-5-3-4-6-8-24/h9,11H,3-8,10H2,1-2H3,(H2,20,21,22,23,25). The Kier molecular flexibility index (Phi) is 6.80. The van der Waals surface area contributed by atoms with E-state index in [4.69, 9.17) is 12.2 Å². The largest absolute Gasteiger partial charge is 0.433 e. The quantitative estimate of drug-likeness (QED) is 0.781. The molecule has 0 amide bonds. The number of alkyl halides is 3. The van der Waals surface area contributed by atoms with Crippen LogP contribution in [0.2, 0.25) is 0 Å². The predicted molar refractivity (Wildman–Crippen MR) is 96.8 cm³/mol. The van der Waals surface area contributed by atoms with Crippen molar-refractivity contribution in [3.8, 4) is 0 Å². The van der Waals surface area contributed by atoms with Gasteiger partial charge in [0, 0.05) is 25.7 Å². The normalized spacial score (nSPS) is 15.8. The first-order chi connectivity index (χ1) is 11.8. The number of hydrogen-bond donors (Lipinski definition) is 2. The molecule has 1 aliphatic rings. The number of rotatable bonds is 4. The van der Waals surface area contributed by atoms with Crippen LogP contribution in [0.4, 0.5) is 24.9 Å². The van der Waals surface area contributed by atoms with E-state index in [9.17, 15) is 13.2 Å². The molecular formula is C16H24F3N5S. The van der Waals surface area contributed by atoms with Crippen molar-refractivity contribution in [1.82, 2.24) is 15.3 Å². The molecule has 1 aliphatic heterocycles. The monoisotopic (exact) mass is 375 g/mol. The lowest BCUT2D eigenvalue weighted by atomic mass is 10.2. The lowest BCUT2D eigenvalue weighted by Crippen LogP contribution is -2.33. The smallest absolute Gasteiger partial charge is 0.362 e. The Morgan fingerprint density at radius 2 is 1.84 bits per heavy atom. The summed E-state index contributed by atoms with van der Waals surface area (Å²) in [4.78, 5) is 9.73. The summed E-state index contributed by atoms with van der Waals surface area (Å²) < 4.78 is 39.6. The minimum absolute atomic E-state index is 0.129. The molecule has 0 aromatic carbocycles. The molecule has 1 fully saturated rings. The maximum absolute atomic E-state index is 13.2. The zero-order valence-corrected chi connectivity index (χ0v) is 15.3. The van der Waals surface area contributed by atoms with Crippen molar-refractivity contribution >= 4 is 29.1 Å². The van der Waals surface area contributed by atoms with E-state index in [0.29, 0.717) is 31.4 Å². The number of aromatic nitrogens is 2. The van der Waals surface area contributed by atoms with E-state index in [-0.39, 0.29) is 11.1 Å². The molecule has 2 heterocycles. The van der Waals surface area contributed by atoms with Crippen LogP contribution < -0.4 is 15.5 Å². The predicted octanol–water partition coefficient (Wildman–Crippen LogP) is 3.82. The second kappa shape index (κ2) is 8.64. The number of nitrogens with one attached hydrogen (secondary N) is 2. The van der Waals surface area contributed by atoms with Crippen LogP contribution >= 0.6 is 12.2 Å². The van der Waals surface area contributed by atoms with Crippen molar-refractivity contribution in [1.29, 1.82) is 0 Å². The van der Waals surface area contributed by atoms with Gasteiger partial charge in [0.05, 0.1) is 0 Å². The molecule has 25 heavy (non-hydrogen) atoms. The lowest BCUT2D eigenvalue weighted by Gasteiger charge is -2.23. The van der Waals surface area contributed by atoms with Gasteiger partial charge in [0.2, 0.25) is 5.95 Å². The van der Waals surface area contributed by atoms with E-state index in [0.717, 1.165) is 31.7 Å². The van der Waals surface area contributed by atoms with Crippen LogP contribution in [-0.4, -0.2) is 34.7 Å². The molecule has 1 aromatic heterocycles. The molecule has 0 spiro atoms. The maximum Gasteiger partial charge on any atom is 0.433 e. The summed E-state index contributed by atoms with van der Waals surface area (Å²) in [6.45, 7) is 6.03. The first-order valence-corrected chi connectivity index (χ1v) is 8.92. The number of nitrogens with zero attached hydrogens (tertiary/aromatic N) is 3. The lowest BCUT2D eigenvalue weighted by molar-refractivity contribution is -0.141. The molecule has 140 valence electrons. The molecule has 0 radical (unpaired) electrons. The van der Waals surface area contributed by atoms with Gasteiger partial charge in [-0.05, 0) is 31.0 Å². The maximum atomic E-state index is 13.2. The summed E-state index contributed by atoms with van der Waals surface area (Å²) in [7, 11) is 0. The van der Waals surface area contributed by atoms with Gasteiger partial charge in [0.1, 0.15) is 5.82 Å². The topological polar surface area (TPSA) is 53.1 Å². The van der Waals surface area contributed by atoms with Crippen LogP contribution in [0, 0.1) is 5.92 Å². The van der Waals surface area contributed by atoms with Crippen molar-refractivity contribution in [3.05, 3.63) is 11.8 Å². The summed E-state index contributed by atoms with van der Waals surface area (Å²) in [6, 6.07) is 1.01. The fourth-order valence-corrected chi connectivity index (χ4v) is 2.71. The van der Waals surface area contributed by atoms with E-state index in [1.807, 2.05) is 18.7 Å². The van der Waals surface area contributed by atoms with Gasteiger partial charge in [-0.25, -0.2) is 4.98 Å². The van der Waals surface area contributed by atoms with Crippen LogP contribution in [0.25, 0.3) is 0 Å². The van der Waals surface area contributed by atoms with Gasteiger partial charge in [-0.15, -0.1) is 0 Å². The van der Waals surface area contributed by atoms with Gasteiger partial charge in [0.15, 0.2) is 10.8 Å². The zero-order chi connectivity index (χ0) is 18.4. The summed E-state index contributed by atoms with van der Waals surface area (Å²) in [5.74, 6) is 0.517. The summed E-state index contributed by atoms with van der Waals surface area (Å²) in [5.41, 5.74) is -0.962. The molecule has 0 aliphatic carbocycles. The molecule has 0 atom stereocenters. The molecule has 0 saturated carbocycles. The van der Waals surface area contributed by atoms with Crippen molar-refractivity contribution in [3.63, 3.8) is 0 Å². The van der Waals surface area contributed by atoms with E-state index in [1.165, 1.54) is 0 Å². The van der Waals surface area contributed by atoms with Crippen molar-refractivity contribution in [2.75, 3.05) is 29.9 Å². The Bertz CT molecular complexity index is 584. The van der Waals surface area contributed by atoms with Gasteiger partial charge in [-0.2, -0.15) is 18.2 Å². The SMILES string of the molecule is CC(C)CNC(=S)Nc1nc(N2CCCCCC2)cc(C(F)(F)F)n1. The number of halogens is 3. The molecule has 1 saturated heterocycles. The van der Waals surface area contributed by atoms with E-state index in [2.05, 4.69) is 20.6 Å². The molecule has 9 heteroatoms. The molecule has 0 bridgehead atoms. The molecular weight excluding hydrogens is 351 g/mol. The van der Waals surface area contributed by atoms with Gasteiger partial charge in [0.25, 0.3) is 0 Å². The van der Waals surface area contributed by atoms with E-state index in [1.54, 1.807) is 0 Å². The third-order valence-corrected chi connectivity index (χ3v) is 4.08. The minimum Gasteiger partial charge on any atom is -0.362 e. The first kappa shape index (κ1) is 19.7. The van der Waals surface area contributed by atoms with Crippen LogP contribution in [0.15, 0.2) is 6.07 Å². The number of hydrogen-bond acceptors (Lipinski definition) is 4. The highest BCUT2D eigenvalue weighted by atomic mass is 32.1. The van der Waals surface area contributed by atoms with Crippen molar-refractivity contribution in [2.24, 2.45) is 5.92 Å². The Morgan fingerprint density at radius 3 is 2.40 bits per heavy atom. The second-order valence-electron chi connectivity index (χ2n) is 6.56. The van der Waals surface area contributed by atoms with Crippen LogP contribution in [0.3, 0.4) is 0 Å². The molecule has 5 nitrogen and oxygen atoms in total. The number of thiocarbonyl (C=S) groups is 1. The average Bonchev–Trinajstić information content (AvgIpc) is 2.81. The Labute approximate surface area is 151 Å². The molecule has 2 N–H and O–H groups in total. The van der Waals surface area contributed by atoms with Crippen LogP contribution in [0.5, 0.6) is 0 Å². The van der Waals surface area contributed by atoms with Crippen molar-refractivity contribution < 1.29 is 13.2 Å². The van der Waals surface area contributed by atoms with Gasteiger partial charge < -0.3 is 15.5 Å². The summed E-state index contributed by atoms with van der Waals surface area (Å²) in [5, 5.41) is 5.84. The van der Waals surface area contributed by atoms with Crippen molar-refractivity contribution in [2.45, 2.75) is 45.7 Å². The minimum atomic E-state index is -4.53. The highest BCUT2D eigenvalue weighted by molar-refractivity contribution is 7.80. The second-order valence-corrected chi connectivity index (χ2v) is 6.97. The molecule has 0 unspecified atom stereocenters. The third-order valence-electron chi connectivity index (χ3n) is 3.83. The first-order valence-electron chi connectivity index (χ1n) is 8.52. The van der Waals surface area contributed by atoms with E-state index >= 15 is 0 Å². The highest BCUT2D eigenvalue weighted by Gasteiger charge is 2.34. The average molecular weight is 375 g/mol. The number of anilines is 2. The van der Waals surface area contributed by atoms with Gasteiger partial charge in [-0.1, -0.05) is 26.7 Å². The van der Waals surface area contributed by atoms with Crippen LogP contribution in [0.1, 0.15) is 45.2 Å². The highest BCUT2D eigenvalue weighted by Crippen LogP contribution is 2.31. The summed E-state index contributed by atoms with van der Waals surface area (Å²) in [6.07, 6.45) is -0.470. The van der Waals surface area contributed by atoms with Gasteiger partial charge in [-0.3, -0.25) is 0 Å². The molecule has 1 aromatic rings. The Morgan fingerprint density at radius 1 is 1.20 bits per heavy atom. The Balaban J connectivity index is 2.22. The molecule has 2 rings (SSSR count). The van der Waals surface area contributed by atoms with E-state index < -0.39 is 11.9 Å². The van der Waals surface area contributed by atoms with Crippen LogP contribution in [-0.2, 0) is 6.18 Å².